The average Bonchev–Trinajstić information content (AvgIpc) is 2.46. The minimum Gasteiger partial charge on any atom is -0.481 e. The van der Waals surface area contributed by atoms with Gasteiger partial charge in [-0.2, -0.15) is 0 Å². The van der Waals surface area contributed by atoms with Crippen molar-refractivity contribution in [1.82, 2.24) is 0 Å². The first kappa shape index (κ1) is 16.4. The Hall–Kier alpha value is -1.65. The van der Waals surface area contributed by atoms with Crippen LogP contribution in [0, 0.1) is 11.8 Å². The normalized spacial score (nSPS) is 22.0. The van der Waals surface area contributed by atoms with E-state index in [2.05, 4.69) is 6.58 Å². The van der Waals surface area contributed by atoms with Gasteiger partial charge >= 0.3 is 11.9 Å². The minimum absolute atomic E-state index is 0.0189. The molecule has 0 heterocycles. The Labute approximate surface area is 119 Å². The molecular weight excluding hydrogens is 260 g/mol. The topological polar surface area (TPSA) is 80.7 Å². The van der Waals surface area contributed by atoms with Crippen LogP contribution in [0.3, 0.4) is 0 Å². The van der Waals surface area contributed by atoms with Gasteiger partial charge < -0.3 is 9.84 Å². The average molecular weight is 282 g/mol. The highest BCUT2D eigenvalue weighted by Crippen LogP contribution is 2.31. The van der Waals surface area contributed by atoms with Gasteiger partial charge in [0, 0.05) is 6.42 Å². The van der Waals surface area contributed by atoms with Crippen LogP contribution in [-0.2, 0) is 19.1 Å². The fraction of sp³-hybridized carbons (Fsp3) is 0.667. The highest BCUT2D eigenvalue weighted by atomic mass is 16.5. The molecular formula is C15H22O5. The van der Waals surface area contributed by atoms with Crippen molar-refractivity contribution in [2.24, 2.45) is 11.8 Å². The van der Waals surface area contributed by atoms with Crippen LogP contribution in [0.2, 0.25) is 0 Å². The van der Waals surface area contributed by atoms with E-state index >= 15 is 0 Å². The lowest BCUT2D eigenvalue weighted by Crippen LogP contribution is -2.33. The lowest BCUT2D eigenvalue weighted by atomic mass is 9.79. The number of ether oxygens (including phenoxy) is 1. The van der Waals surface area contributed by atoms with Gasteiger partial charge in [-0.15, -0.1) is 0 Å². The summed E-state index contributed by atoms with van der Waals surface area (Å²) in [7, 11) is 0. The molecule has 0 aromatic rings. The van der Waals surface area contributed by atoms with Crippen LogP contribution in [0.4, 0.5) is 0 Å². The van der Waals surface area contributed by atoms with Crippen molar-refractivity contribution in [3.05, 3.63) is 12.7 Å². The molecule has 0 saturated heterocycles. The van der Waals surface area contributed by atoms with E-state index in [1.54, 1.807) is 0 Å². The lowest BCUT2D eigenvalue weighted by molar-refractivity contribution is -0.159. The van der Waals surface area contributed by atoms with Gasteiger partial charge in [-0.05, 0) is 31.8 Å². The summed E-state index contributed by atoms with van der Waals surface area (Å²) in [6.07, 6.45) is 5.80. The maximum Gasteiger partial charge on any atom is 0.309 e. The van der Waals surface area contributed by atoms with Crippen LogP contribution in [0.25, 0.3) is 0 Å². The monoisotopic (exact) mass is 282 g/mol. The highest BCUT2D eigenvalue weighted by Gasteiger charge is 2.36. The van der Waals surface area contributed by atoms with Crippen molar-refractivity contribution in [3.63, 3.8) is 0 Å². The van der Waals surface area contributed by atoms with E-state index in [1.165, 1.54) is 6.08 Å². The van der Waals surface area contributed by atoms with Crippen LogP contribution in [0.1, 0.15) is 44.9 Å². The number of carboxylic acids is 1. The number of carbonyl (C=O) groups is 3. The molecule has 20 heavy (non-hydrogen) atoms. The molecule has 5 heteroatoms. The van der Waals surface area contributed by atoms with Gasteiger partial charge in [-0.1, -0.05) is 19.4 Å². The summed E-state index contributed by atoms with van der Waals surface area (Å²) in [5.41, 5.74) is 0. The SMILES string of the molecule is C=CC(=O)CCCCOC(=O)C1CCCCC1C(=O)O. The molecule has 1 rings (SSSR count). The van der Waals surface area contributed by atoms with Gasteiger partial charge in [0.1, 0.15) is 0 Å². The van der Waals surface area contributed by atoms with E-state index in [-0.39, 0.29) is 12.4 Å². The van der Waals surface area contributed by atoms with Crippen LogP contribution >= 0.6 is 0 Å². The van der Waals surface area contributed by atoms with Crippen LogP contribution < -0.4 is 0 Å². The summed E-state index contributed by atoms with van der Waals surface area (Å²) < 4.78 is 5.14. The third-order valence-corrected chi connectivity index (χ3v) is 3.68. The molecule has 2 unspecified atom stereocenters. The smallest absolute Gasteiger partial charge is 0.309 e. The molecule has 0 aromatic heterocycles. The summed E-state index contributed by atoms with van der Waals surface area (Å²) in [5.74, 6) is -2.47. The minimum atomic E-state index is -0.914. The first-order valence-corrected chi connectivity index (χ1v) is 7.11. The Kier molecular flexibility index (Phi) is 6.98. The molecule has 0 amide bonds. The molecule has 0 radical (unpaired) electrons. The molecule has 112 valence electrons. The summed E-state index contributed by atoms with van der Waals surface area (Å²) in [4.78, 5) is 34.0. The van der Waals surface area contributed by atoms with Gasteiger partial charge in [0.05, 0.1) is 18.4 Å². The number of hydrogen-bond donors (Lipinski definition) is 1. The largest absolute Gasteiger partial charge is 0.481 e. The van der Waals surface area contributed by atoms with Crippen LogP contribution in [-0.4, -0.2) is 29.4 Å². The maximum atomic E-state index is 11.9. The van der Waals surface area contributed by atoms with Crippen molar-refractivity contribution in [2.75, 3.05) is 6.61 Å². The third-order valence-electron chi connectivity index (χ3n) is 3.68. The first-order valence-electron chi connectivity index (χ1n) is 7.11. The third kappa shape index (κ3) is 5.15. The number of ketones is 1. The van der Waals surface area contributed by atoms with E-state index in [1.807, 2.05) is 0 Å². The summed E-state index contributed by atoms with van der Waals surface area (Å²) in [6.45, 7) is 3.63. The molecule has 1 fully saturated rings. The van der Waals surface area contributed by atoms with Crippen LogP contribution in [0.5, 0.6) is 0 Å². The zero-order chi connectivity index (χ0) is 15.0. The number of unbranched alkanes of at least 4 members (excludes halogenated alkanes) is 1. The number of carbonyl (C=O) groups excluding carboxylic acids is 2. The standard InChI is InChI=1S/C15H22O5/c1-2-11(16)7-5-6-10-20-15(19)13-9-4-3-8-12(13)14(17)18/h2,12-13H,1,3-10H2,(H,17,18). The van der Waals surface area contributed by atoms with Gasteiger partial charge in [-0.25, -0.2) is 0 Å². The fourth-order valence-corrected chi connectivity index (χ4v) is 2.49. The Morgan fingerprint density at radius 2 is 1.80 bits per heavy atom. The number of carboxylic acid groups (broad SMARTS) is 1. The molecule has 0 spiro atoms. The Balaban J connectivity index is 2.28. The van der Waals surface area contributed by atoms with Crippen molar-refractivity contribution >= 4 is 17.7 Å². The molecule has 1 aliphatic rings. The molecule has 0 aliphatic heterocycles. The second kappa shape index (κ2) is 8.51. The van der Waals surface area contributed by atoms with E-state index in [0.717, 1.165) is 12.8 Å². The predicted molar refractivity (Wildman–Crippen MR) is 73.1 cm³/mol. The molecule has 5 nitrogen and oxygen atoms in total. The molecule has 2 atom stereocenters. The molecule has 1 N–H and O–H groups in total. The quantitative estimate of drug-likeness (QED) is 0.420. The number of rotatable bonds is 8. The van der Waals surface area contributed by atoms with E-state index < -0.39 is 23.8 Å². The zero-order valence-corrected chi connectivity index (χ0v) is 11.7. The molecule has 1 saturated carbocycles. The Bertz CT molecular complexity index is 374. The van der Waals surface area contributed by atoms with E-state index in [0.29, 0.717) is 32.1 Å². The van der Waals surface area contributed by atoms with E-state index in [9.17, 15) is 14.4 Å². The molecule has 0 aromatic carbocycles. The zero-order valence-electron chi connectivity index (χ0n) is 11.7. The Morgan fingerprint density at radius 1 is 1.15 bits per heavy atom. The lowest BCUT2D eigenvalue weighted by Gasteiger charge is -2.26. The van der Waals surface area contributed by atoms with Crippen LogP contribution in [0.15, 0.2) is 12.7 Å². The summed E-state index contributed by atoms with van der Waals surface area (Å²) in [6, 6.07) is 0. The predicted octanol–water partition coefficient (Wildman–Crippen LogP) is 2.35. The number of hydrogen-bond acceptors (Lipinski definition) is 4. The summed E-state index contributed by atoms with van der Waals surface area (Å²) >= 11 is 0. The van der Waals surface area contributed by atoms with Gasteiger partial charge in [0.2, 0.25) is 0 Å². The Morgan fingerprint density at radius 3 is 2.40 bits per heavy atom. The fourth-order valence-electron chi connectivity index (χ4n) is 2.49. The first-order chi connectivity index (χ1) is 9.56. The maximum absolute atomic E-state index is 11.9. The highest BCUT2D eigenvalue weighted by molar-refractivity contribution is 5.88. The number of allylic oxidation sites excluding steroid dienone is 1. The number of aliphatic carboxylic acids is 1. The van der Waals surface area contributed by atoms with Crippen molar-refractivity contribution in [3.8, 4) is 0 Å². The van der Waals surface area contributed by atoms with E-state index in [4.69, 9.17) is 9.84 Å². The number of esters is 1. The van der Waals surface area contributed by atoms with Crippen molar-refractivity contribution in [1.29, 1.82) is 0 Å². The van der Waals surface area contributed by atoms with Gasteiger partial charge in [-0.3, -0.25) is 14.4 Å². The van der Waals surface area contributed by atoms with Crippen molar-refractivity contribution in [2.45, 2.75) is 44.9 Å². The van der Waals surface area contributed by atoms with Gasteiger partial charge in [0.25, 0.3) is 0 Å². The molecule has 1 aliphatic carbocycles. The van der Waals surface area contributed by atoms with Crippen molar-refractivity contribution < 1.29 is 24.2 Å². The second-order valence-corrected chi connectivity index (χ2v) is 5.13. The molecule has 0 bridgehead atoms. The second-order valence-electron chi connectivity index (χ2n) is 5.13. The summed E-state index contributed by atoms with van der Waals surface area (Å²) in [5, 5.41) is 9.10. The van der Waals surface area contributed by atoms with Gasteiger partial charge in [0.15, 0.2) is 5.78 Å².